The number of nitrogens with zero attached hydrogens (tertiary/aromatic N) is 3. The average Bonchev–Trinajstić information content (AvgIpc) is 3.17. The van der Waals surface area contributed by atoms with Gasteiger partial charge in [0.25, 0.3) is 5.91 Å². The van der Waals surface area contributed by atoms with E-state index < -0.39 is 0 Å². The minimum atomic E-state index is -0.139. The summed E-state index contributed by atoms with van der Waals surface area (Å²) in [5, 5.41) is 7.75. The van der Waals surface area contributed by atoms with Gasteiger partial charge in [0.2, 0.25) is 11.7 Å². The number of amides is 1. The Bertz CT molecular complexity index is 1090. The van der Waals surface area contributed by atoms with Crippen LogP contribution >= 0.6 is 0 Å². The molecule has 0 aliphatic carbocycles. The standard InChI is InChI=1S/C21H18N4O2/c1-14-13-17(16-9-5-6-10-18(16)23-14)21(26)22-12-11-19-24-20(25-27-19)15-7-3-2-4-8-15/h2-10,13H,11-12H2,1H3,(H,22,26). The summed E-state index contributed by atoms with van der Waals surface area (Å²) in [6, 6.07) is 19.1. The molecule has 4 aromatic rings. The quantitative estimate of drug-likeness (QED) is 0.590. The molecule has 2 aromatic carbocycles. The van der Waals surface area contributed by atoms with Crippen molar-refractivity contribution in [2.24, 2.45) is 0 Å². The third-order valence-corrected chi connectivity index (χ3v) is 4.21. The molecule has 0 atom stereocenters. The zero-order valence-electron chi connectivity index (χ0n) is 14.8. The number of carbonyl (C=O) groups is 1. The molecule has 2 heterocycles. The van der Waals surface area contributed by atoms with E-state index in [1.165, 1.54) is 0 Å². The summed E-state index contributed by atoms with van der Waals surface area (Å²) in [7, 11) is 0. The van der Waals surface area contributed by atoms with E-state index in [4.69, 9.17) is 4.52 Å². The largest absolute Gasteiger partial charge is 0.351 e. The van der Waals surface area contributed by atoms with Crippen molar-refractivity contribution in [3.05, 3.63) is 77.8 Å². The van der Waals surface area contributed by atoms with E-state index in [2.05, 4.69) is 20.4 Å². The number of pyridine rings is 1. The molecule has 0 saturated heterocycles. The van der Waals surface area contributed by atoms with Crippen LogP contribution in [0.3, 0.4) is 0 Å². The highest BCUT2D eigenvalue weighted by Crippen LogP contribution is 2.18. The van der Waals surface area contributed by atoms with Crippen LogP contribution in [0.5, 0.6) is 0 Å². The van der Waals surface area contributed by atoms with Gasteiger partial charge in [-0.3, -0.25) is 9.78 Å². The van der Waals surface area contributed by atoms with Crippen molar-refractivity contribution in [1.82, 2.24) is 20.4 Å². The molecule has 6 heteroatoms. The van der Waals surface area contributed by atoms with Crippen LogP contribution in [0.2, 0.25) is 0 Å². The lowest BCUT2D eigenvalue weighted by Gasteiger charge is -2.08. The van der Waals surface area contributed by atoms with Crippen LogP contribution in [0.15, 0.2) is 65.2 Å². The fraction of sp³-hybridized carbons (Fsp3) is 0.143. The molecule has 0 bridgehead atoms. The Labute approximate surface area is 156 Å². The van der Waals surface area contributed by atoms with Crippen molar-refractivity contribution in [1.29, 1.82) is 0 Å². The van der Waals surface area contributed by atoms with Gasteiger partial charge in [0, 0.05) is 29.6 Å². The van der Waals surface area contributed by atoms with Crippen LogP contribution in [0, 0.1) is 6.92 Å². The Morgan fingerprint density at radius 2 is 1.81 bits per heavy atom. The van der Waals surface area contributed by atoms with Crippen LogP contribution in [0.25, 0.3) is 22.3 Å². The summed E-state index contributed by atoms with van der Waals surface area (Å²) >= 11 is 0. The normalized spacial score (nSPS) is 10.9. The fourth-order valence-electron chi connectivity index (χ4n) is 2.93. The number of hydrogen-bond acceptors (Lipinski definition) is 5. The van der Waals surface area contributed by atoms with Gasteiger partial charge >= 0.3 is 0 Å². The minimum absolute atomic E-state index is 0.139. The molecule has 134 valence electrons. The number of rotatable bonds is 5. The smallest absolute Gasteiger partial charge is 0.252 e. The van der Waals surface area contributed by atoms with Crippen molar-refractivity contribution in [2.75, 3.05) is 6.54 Å². The number of hydrogen-bond donors (Lipinski definition) is 1. The number of carbonyl (C=O) groups excluding carboxylic acids is 1. The first-order valence-corrected chi connectivity index (χ1v) is 8.73. The lowest BCUT2D eigenvalue weighted by Crippen LogP contribution is -2.26. The Hall–Kier alpha value is -3.54. The maximum absolute atomic E-state index is 12.6. The van der Waals surface area contributed by atoms with Crippen LogP contribution in [0.1, 0.15) is 21.9 Å². The number of fused-ring (bicyclic) bond motifs is 1. The van der Waals surface area contributed by atoms with Crippen molar-refractivity contribution in [2.45, 2.75) is 13.3 Å². The molecule has 1 N–H and O–H groups in total. The summed E-state index contributed by atoms with van der Waals surface area (Å²) < 4.78 is 5.27. The molecule has 0 radical (unpaired) electrons. The molecule has 0 saturated carbocycles. The molecule has 0 fully saturated rings. The van der Waals surface area contributed by atoms with Gasteiger partial charge in [-0.1, -0.05) is 53.7 Å². The van der Waals surface area contributed by atoms with Crippen molar-refractivity contribution in [3.63, 3.8) is 0 Å². The Morgan fingerprint density at radius 1 is 1.04 bits per heavy atom. The van der Waals surface area contributed by atoms with E-state index >= 15 is 0 Å². The first kappa shape index (κ1) is 16.9. The van der Waals surface area contributed by atoms with Gasteiger partial charge in [0.05, 0.1) is 11.1 Å². The molecule has 0 spiro atoms. The van der Waals surface area contributed by atoms with Gasteiger partial charge in [0.1, 0.15) is 0 Å². The van der Waals surface area contributed by atoms with Gasteiger partial charge in [-0.2, -0.15) is 4.98 Å². The predicted molar refractivity (Wildman–Crippen MR) is 102 cm³/mol. The third-order valence-electron chi connectivity index (χ3n) is 4.21. The highest BCUT2D eigenvalue weighted by atomic mass is 16.5. The zero-order valence-corrected chi connectivity index (χ0v) is 14.8. The lowest BCUT2D eigenvalue weighted by atomic mass is 10.1. The van der Waals surface area contributed by atoms with Crippen LogP contribution in [-0.2, 0) is 6.42 Å². The molecule has 1 amide bonds. The Morgan fingerprint density at radius 3 is 2.67 bits per heavy atom. The fourth-order valence-corrected chi connectivity index (χ4v) is 2.93. The van der Waals surface area contributed by atoms with E-state index in [-0.39, 0.29) is 5.91 Å². The molecule has 2 aromatic heterocycles. The maximum Gasteiger partial charge on any atom is 0.252 e. The second-order valence-corrected chi connectivity index (χ2v) is 6.21. The summed E-state index contributed by atoms with van der Waals surface area (Å²) in [5.74, 6) is 0.900. The summed E-state index contributed by atoms with van der Waals surface area (Å²) in [4.78, 5) is 21.5. The Balaban J connectivity index is 1.43. The van der Waals surface area contributed by atoms with Crippen LogP contribution < -0.4 is 5.32 Å². The van der Waals surface area contributed by atoms with Gasteiger partial charge in [-0.05, 0) is 19.1 Å². The monoisotopic (exact) mass is 358 g/mol. The lowest BCUT2D eigenvalue weighted by molar-refractivity contribution is 0.0955. The molecule has 27 heavy (non-hydrogen) atoms. The van der Waals surface area contributed by atoms with Crippen molar-refractivity contribution >= 4 is 16.8 Å². The molecular weight excluding hydrogens is 340 g/mol. The first-order valence-electron chi connectivity index (χ1n) is 8.73. The van der Waals surface area contributed by atoms with E-state index in [0.717, 1.165) is 22.2 Å². The number of nitrogens with one attached hydrogen (secondary N) is 1. The van der Waals surface area contributed by atoms with Crippen LogP contribution in [0.4, 0.5) is 0 Å². The third kappa shape index (κ3) is 3.69. The van der Waals surface area contributed by atoms with Gasteiger partial charge in [-0.25, -0.2) is 0 Å². The molecule has 0 aliphatic heterocycles. The highest BCUT2D eigenvalue weighted by Gasteiger charge is 2.13. The average molecular weight is 358 g/mol. The van der Waals surface area contributed by atoms with E-state index in [0.29, 0.717) is 30.2 Å². The second kappa shape index (κ2) is 7.37. The topological polar surface area (TPSA) is 80.9 Å². The van der Waals surface area contributed by atoms with Gasteiger partial charge in [0.15, 0.2) is 0 Å². The van der Waals surface area contributed by atoms with Crippen LogP contribution in [-0.4, -0.2) is 27.6 Å². The van der Waals surface area contributed by atoms with E-state index in [1.807, 2.05) is 61.5 Å². The van der Waals surface area contributed by atoms with Gasteiger partial charge < -0.3 is 9.84 Å². The summed E-state index contributed by atoms with van der Waals surface area (Å²) in [6.07, 6.45) is 0.466. The number of aryl methyl sites for hydroxylation is 1. The van der Waals surface area contributed by atoms with E-state index in [9.17, 15) is 4.79 Å². The summed E-state index contributed by atoms with van der Waals surface area (Å²) in [6.45, 7) is 2.29. The zero-order chi connectivity index (χ0) is 18.6. The second-order valence-electron chi connectivity index (χ2n) is 6.21. The maximum atomic E-state index is 12.6. The minimum Gasteiger partial charge on any atom is -0.351 e. The van der Waals surface area contributed by atoms with Crippen molar-refractivity contribution in [3.8, 4) is 11.4 Å². The number of aromatic nitrogens is 3. The number of para-hydroxylation sites is 1. The Kier molecular flexibility index (Phi) is 4.61. The molecule has 0 unspecified atom stereocenters. The molecular formula is C21H18N4O2. The number of benzene rings is 2. The predicted octanol–water partition coefficient (Wildman–Crippen LogP) is 3.57. The van der Waals surface area contributed by atoms with E-state index in [1.54, 1.807) is 6.07 Å². The first-order chi connectivity index (χ1) is 13.2. The summed E-state index contributed by atoms with van der Waals surface area (Å²) in [5.41, 5.74) is 3.14. The van der Waals surface area contributed by atoms with Crippen molar-refractivity contribution < 1.29 is 9.32 Å². The highest BCUT2D eigenvalue weighted by molar-refractivity contribution is 6.06. The van der Waals surface area contributed by atoms with Gasteiger partial charge in [-0.15, -0.1) is 0 Å². The SMILES string of the molecule is Cc1cc(C(=O)NCCc2nc(-c3ccccc3)no2)c2ccccc2n1. The molecule has 0 aliphatic rings. The molecule has 4 rings (SSSR count). The molecule has 6 nitrogen and oxygen atoms in total.